The molecule has 0 fully saturated rings. The van der Waals surface area contributed by atoms with Crippen molar-refractivity contribution >= 4 is 22.5 Å². The van der Waals surface area contributed by atoms with E-state index < -0.39 is 0 Å². The van der Waals surface area contributed by atoms with Crippen LogP contribution in [-0.4, -0.2) is 29.8 Å². The zero-order chi connectivity index (χ0) is 14.5. The van der Waals surface area contributed by atoms with Gasteiger partial charge in [-0.25, -0.2) is 0 Å². The molecule has 0 aromatic heterocycles. The SMILES string of the molecule is C[S+](C)CC(=O)c1ccccc1C(=O)c1ccccc1. The minimum absolute atomic E-state index is 0.0270. The Morgan fingerprint density at radius 1 is 0.850 bits per heavy atom. The Balaban J connectivity index is 2.38. The number of carbonyl (C=O) groups excluding carboxylic acids is 2. The van der Waals surface area contributed by atoms with Gasteiger partial charge in [0.15, 0.2) is 11.5 Å². The minimum Gasteiger partial charge on any atom is -0.289 e. The highest BCUT2D eigenvalue weighted by atomic mass is 32.2. The summed E-state index contributed by atoms with van der Waals surface area (Å²) in [6, 6.07) is 16.1. The number of benzene rings is 2. The summed E-state index contributed by atoms with van der Waals surface area (Å²) in [6.07, 6.45) is 4.05. The molecule has 0 unspecified atom stereocenters. The molecule has 0 aliphatic rings. The second-order valence-corrected chi connectivity index (χ2v) is 7.05. The summed E-state index contributed by atoms with van der Waals surface area (Å²) in [6.45, 7) is 0. The van der Waals surface area contributed by atoms with Crippen molar-refractivity contribution in [2.75, 3.05) is 18.3 Å². The molecule has 0 amide bonds. The molecule has 0 saturated heterocycles. The van der Waals surface area contributed by atoms with Gasteiger partial charge in [-0.15, -0.1) is 0 Å². The van der Waals surface area contributed by atoms with Crippen molar-refractivity contribution in [1.82, 2.24) is 0 Å². The second kappa shape index (κ2) is 6.53. The van der Waals surface area contributed by atoms with E-state index in [0.29, 0.717) is 22.4 Å². The number of hydrogen-bond acceptors (Lipinski definition) is 2. The molecule has 2 aromatic carbocycles. The molecule has 2 aromatic rings. The van der Waals surface area contributed by atoms with Crippen LogP contribution in [0.2, 0.25) is 0 Å². The van der Waals surface area contributed by atoms with Crippen LogP contribution in [0.15, 0.2) is 54.6 Å². The molecule has 0 atom stereocenters. The summed E-state index contributed by atoms with van der Waals surface area (Å²) in [5.74, 6) is 0.430. The Morgan fingerprint density at radius 2 is 1.40 bits per heavy atom. The van der Waals surface area contributed by atoms with Gasteiger partial charge in [-0.3, -0.25) is 9.59 Å². The van der Waals surface area contributed by atoms with Crippen molar-refractivity contribution in [1.29, 1.82) is 0 Å². The van der Waals surface area contributed by atoms with Gasteiger partial charge in [0.2, 0.25) is 5.78 Å². The zero-order valence-corrected chi connectivity index (χ0v) is 12.4. The van der Waals surface area contributed by atoms with Crippen LogP contribution < -0.4 is 0 Å². The maximum absolute atomic E-state index is 12.5. The standard InChI is InChI=1S/C17H17O2S/c1-20(2)12-16(18)14-10-6-7-11-15(14)17(19)13-8-4-3-5-9-13/h3-11H,12H2,1-2H3/q+1. The van der Waals surface area contributed by atoms with Crippen LogP contribution in [0.3, 0.4) is 0 Å². The first-order chi connectivity index (χ1) is 9.59. The van der Waals surface area contributed by atoms with E-state index >= 15 is 0 Å². The van der Waals surface area contributed by atoms with Gasteiger partial charge in [0.25, 0.3) is 0 Å². The van der Waals surface area contributed by atoms with E-state index in [1.165, 1.54) is 0 Å². The lowest BCUT2D eigenvalue weighted by atomic mass is 9.96. The maximum atomic E-state index is 12.5. The summed E-state index contributed by atoms with van der Waals surface area (Å²) < 4.78 is 0. The Bertz CT molecular complexity index is 618. The van der Waals surface area contributed by atoms with Gasteiger partial charge < -0.3 is 0 Å². The van der Waals surface area contributed by atoms with Crippen LogP contribution in [-0.2, 0) is 10.9 Å². The highest BCUT2D eigenvalue weighted by molar-refractivity contribution is 7.96. The molecular formula is C17H17O2S+. The van der Waals surface area contributed by atoms with E-state index in [1.54, 1.807) is 36.4 Å². The molecule has 0 saturated carbocycles. The van der Waals surface area contributed by atoms with Gasteiger partial charge in [-0.05, 0) is 10.9 Å². The lowest BCUT2D eigenvalue weighted by Crippen LogP contribution is -2.17. The third kappa shape index (κ3) is 3.36. The van der Waals surface area contributed by atoms with E-state index in [9.17, 15) is 9.59 Å². The fourth-order valence-corrected chi connectivity index (χ4v) is 2.69. The van der Waals surface area contributed by atoms with Crippen molar-refractivity contribution < 1.29 is 9.59 Å². The minimum atomic E-state index is -0.0957. The molecular weight excluding hydrogens is 268 g/mol. The summed E-state index contributed by atoms with van der Waals surface area (Å²) in [7, 11) is 0.0270. The van der Waals surface area contributed by atoms with Gasteiger partial charge in [0.05, 0.1) is 12.5 Å². The van der Waals surface area contributed by atoms with E-state index in [1.807, 2.05) is 30.7 Å². The summed E-state index contributed by atoms with van der Waals surface area (Å²) in [4.78, 5) is 24.8. The molecule has 2 rings (SSSR count). The van der Waals surface area contributed by atoms with Crippen molar-refractivity contribution in [2.24, 2.45) is 0 Å². The van der Waals surface area contributed by atoms with Crippen LogP contribution in [0.5, 0.6) is 0 Å². The topological polar surface area (TPSA) is 34.1 Å². The first-order valence-electron chi connectivity index (χ1n) is 6.36. The number of carbonyl (C=O) groups is 2. The van der Waals surface area contributed by atoms with Gasteiger partial charge in [-0.1, -0.05) is 54.6 Å². The molecule has 2 nitrogen and oxygen atoms in total. The van der Waals surface area contributed by atoms with E-state index in [-0.39, 0.29) is 22.5 Å². The van der Waals surface area contributed by atoms with Crippen molar-refractivity contribution in [3.63, 3.8) is 0 Å². The Labute approximate surface area is 122 Å². The van der Waals surface area contributed by atoms with Crippen molar-refractivity contribution in [3.8, 4) is 0 Å². The number of Topliss-reactive ketones (excluding diaryl/α,β-unsaturated/α-hetero) is 1. The highest BCUT2D eigenvalue weighted by Gasteiger charge is 2.21. The third-order valence-electron chi connectivity index (χ3n) is 2.93. The average molecular weight is 285 g/mol. The monoisotopic (exact) mass is 285 g/mol. The van der Waals surface area contributed by atoms with Crippen molar-refractivity contribution in [2.45, 2.75) is 0 Å². The molecule has 3 heteroatoms. The summed E-state index contributed by atoms with van der Waals surface area (Å²) in [5.41, 5.74) is 1.64. The maximum Gasteiger partial charge on any atom is 0.212 e. The summed E-state index contributed by atoms with van der Waals surface area (Å²) >= 11 is 0. The van der Waals surface area contributed by atoms with Gasteiger partial charge in [0, 0.05) is 16.7 Å². The molecule has 0 radical (unpaired) electrons. The van der Waals surface area contributed by atoms with Crippen LogP contribution >= 0.6 is 0 Å². The van der Waals surface area contributed by atoms with Gasteiger partial charge in [0.1, 0.15) is 0 Å². The van der Waals surface area contributed by atoms with Crippen LogP contribution in [0.1, 0.15) is 26.3 Å². The molecule has 0 aliphatic carbocycles. The molecule has 0 bridgehead atoms. The van der Waals surface area contributed by atoms with Gasteiger partial charge >= 0.3 is 0 Å². The molecule has 0 heterocycles. The fraction of sp³-hybridized carbons (Fsp3) is 0.176. The predicted octanol–water partition coefficient (Wildman–Crippen LogP) is 2.98. The third-order valence-corrected chi connectivity index (χ3v) is 3.77. The number of rotatable bonds is 5. The zero-order valence-electron chi connectivity index (χ0n) is 11.6. The average Bonchev–Trinajstić information content (AvgIpc) is 2.46. The van der Waals surface area contributed by atoms with Crippen LogP contribution in [0.25, 0.3) is 0 Å². The predicted molar refractivity (Wildman–Crippen MR) is 84.7 cm³/mol. The van der Waals surface area contributed by atoms with Gasteiger partial charge in [-0.2, -0.15) is 0 Å². The van der Waals surface area contributed by atoms with Crippen LogP contribution in [0, 0.1) is 0 Å². The van der Waals surface area contributed by atoms with E-state index in [2.05, 4.69) is 0 Å². The Hall–Kier alpha value is -1.87. The molecule has 102 valence electrons. The first-order valence-corrected chi connectivity index (χ1v) is 8.57. The smallest absolute Gasteiger partial charge is 0.212 e. The first kappa shape index (κ1) is 14.5. The molecule has 0 N–H and O–H groups in total. The fourth-order valence-electron chi connectivity index (χ4n) is 2.01. The Kier molecular flexibility index (Phi) is 4.74. The molecule has 20 heavy (non-hydrogen) atoms. The highest BCUT2D eigenvalue weighted by Crippen LogP contribution is 2.16. The normalized spacial score (nSPS) is 10.6. The Morgan fingerprint density at radius 3 is 2.00 bits per heavy atom. The second-order valence-electron chi connectivity index (χ2n) is 4.79. The van der Waals surface area contributed by atoms with E-state index in [0.717, 1.165) is 0 Å². The molecule has 0 aliphatic heterocycles. The lowest BCUT2D eigenvalue weighted by molar-refractivity contribution is 0.0993. The van der Waals surface area contributed by atoms with Crippen molar-refractivity contribution in [3.05, 3.63) is 71.3 Å². The quantitative estimate of drug-likeness (QED) is 0.625. The summed E-state index contributed by atoms with van der Waals surface area (Å²) in [5, 5.41) is 0. The largest absolute Gasteiger partial charge is 0.289 e. The lowest BCUT2D eigenvalue weighted by Gasteiger charge is -2.07. The number of hydrogen-bond donors (Lipinski definition) is 0. The number of ketones is 2. The van der Waals surface area contributed by atoms with E-state index in [4.69, 9.17) is 0 Å². The molecule has 0 spiro atoms. The van der Waals surface area contributed by atoms with Crippen LogP contribution in [0.4, 0.5) is 0 Å².